The molecular formula is C13H26N2. The predicted octanol–water partition coefficient (Wildman–Crippen LogP) is 2.45. The number of fused-ring (bicyclic) bond motifs is 1. The average Bonchev–Trinajstić information content (AvgIpc) is 2.72. The van der Waals surface area contributed by atoms with Crippen molar-refractivity contribution >= 4 is 0 Å². The summed E-state index contributed by atoms with van der Waals surface area (Å²) in [5.41, 5.74) is 0. The Morgan fingerprint density at radius 3 is 2.93 bits per heavy atom. The Kier molecular flexibility index (Phi) is 4.04. The molecule has 0 spiro atoms. The largest absolute Gasteiger partial charge is 0.300 e. The van der Waals surface area contributed by atoms with Crippen LogP contribution in [0.3, 0.4) is 0 Å². The van der Waals surface area contributed by atoms with E-state index in [1.54, 1.807) is 0 Å². The van der Waals surface area contributed by atoms with Crippen LogP contribution in [-0.4, -0.2) is 30.7 Å². The lowest BCUT2D eigenvalue weighted by Crippen LogP contribution is -2.45. The van der Waals surface area contributed by atoms with Crippen LogP contribution in [-0.2, 0) is 0 Å². The standard InChI is InChI=1S/C13H26N2/c1-3-5-11(4-2)12-6-7-13-14-8-9-15(13)10-12/h11-14H,3-10H2,1-2H3. The van der Waals surface area contributed by atoms with Crippen molar-refractivity contribution in [1.29, 1.82) is 0 Å². The van der Waals surface area contributed by atoms with Crippen molar-refractivity contribution in [2.24, 2.45) is 11.8 Å². The van der Waals surface area contributed by atoms with Gasteiger partial charge in [0, 0.05) is 19.6 Å². The molecule has 0 amide bonds. The van der Waals surface area contributed by atoms with E-state index in [0.717, 1.165) is 18.0 Å². The van der Waals surface area contributed by atoms with Gasteiger partial charge in [-0.2, -0.15) is 0 Å². The smallest absolute Gasteiger partial charge is 0.0598 e. The fourth-order valence-electron chi connectivity index (χ4n) is 3.46. The summed E-state index contributed by atoms with van der Waals surface area (Å²) in [5, 5.41) is 3.59. The monoisotopic (exact) mass is 210 g/mol. The van der Waals surface area contributed by atoms with Crippen LogP contribution in [0.15, 0.2) is 0 Å². The van der Waals surface area contributed by atoms with Gasteiger partial charge in [-0.25, -0.2) is 0 Å². The van der Waals surface area contributed by atoms with Gasteiger partial charge < -0.3 is 5.32 Å². The predicted molar refractivity (Wildman–Crippen MR) is 64.8 cm³/mol. The molecule has 2 heterocycles. The maximum absolute atomic E-state index is 3.59. The highest BCUT2D eigenvalue weighted by Gasteiger charge is 2.33. The van der Waals surface area contributed by atoms with Crippen molar-refractivity contribution in [3.05, 3.63) is 0 Å². The summed E-state index contributed by atoms with van der Waals surface area (Å²) in [6, 6.07) is 0. The molecule has 0 bridgehead atoms. The molecule has 0 aromatic carbocycles. The minimum absolute atomic E-state index is 0.723. The van der Waals surface area contributed by atoms with E-state index in [9.17, 15) is 0 Å². The zero-order chi connectivity index (χ0) is 10.7. The van der Waals surface area contributed by atoms with Crippen LogP contribution in [0.4, 0.5) is 0 Å². The van der Waals surface area contributed by atoms with Crippen molar-refractivity contribution in [2.75, 3.05) is 19.6 Å². The maximum atomic E-state index is 3.59. The number of nitrogens with one attached hydrogen (secondary N) is 1. The molecule has 88 valence electrons. The van der Waals surface area contributed by atoms with Crippen LogP contribution < -0.4 is 5.32 Å². The van der Waals surface area contributed by atoms with Crippen molar-refractivity contribution < 1.29 is 0 Å². The summed E-state index contributed by atoms with van der Waals surface area (Å²) < 4.78 is 0. The molecule has 0 saturated carbocycles. The van der Waals surface area contributed by atoms with E-state index in [4.69, 9.17) is 0 Å². The second-order valence-electron chi connectivity index (χ2n) is 5.26. The van der Waals surface area contributed by atoms with E-state index >= 15 is 0 Å². The molecule has 1 N–H and O–H groups in total. The third-order valence-electron chi connectivity index (χ3n) is 4.35. The molecule has 2 aliphatic heterocycles. The van der Waals surface area contributed by atoms with Crippen molar-refractivity contribution in [2.45, 2.75) is 52.1 Å². The van der Waals surface area contributed by atoms with Gasteiger partial charge in [0.2, 0.25) is 0 Å². The number of piperidine rings is 1. The fourth-order valence-corrected chi connectivity index (χ4v) is 3.46. The number of nitrogens with zero attached hydrogens (tertiary/aromatic N) is 1. The Hall–Kier alpha value is -0.0800. The molecule has 3 unspecified atom stereocenters. The number of rotatable bonds is 4. The highest BCUT2D eigenvalue weighted by Crippen LogP contribution is 2.32. The summed E-state index contributed by atoms with van der Waals surface area (Å²) in [7, 11) is 0. The Morgan fingerprint density at radius 1 is 1.33 bits per heavy atom. The Labute approximate surface area is 94.4 Å². The quantitative estimate of drug-likeness (QED) is 0.767. The van der Waals surface area contributed by atoms with Gasteiger partial charge in [-0.3, -0.25) is 4.90 Å². The van der Waals surface area contributed by atoms with E-state index < -0.39 is 0 Å². The van der Waals surface area contributed by atoms with Crippen LogP contribution in [0.5, 0.6) is 0 Å². The first kappa shape index (κ1) is 11.4. The lowest BCUT2D eigenvalue weighted by molar-refractivity contribution is 0.0988. The summed E-state index contributed by atoms with van der Waals surface area (Å²) in [5.74, 6) is 1.96. The lowest BCUT2D eigenvalue weighted by atomic mass is 9.81. The van der Waals surface area contributed by atoms with E-state index in [-0.39, 0.29) is 0 Å². The summed E-state index contributed by atoms with van der Waals surface area (Å²) in [6.07, 6.45) is 7.73. The van der Waals surface area contributed by atoms with Gasteiger partial charge in [0.05, 0.1) is 6.17 Å². The maximum Gasteiger partial charge on any atom is 0.0598 e. The van der Waals surface area contributed by atoms with Gasteiger partial charge in [0.15, 0.2) is 0 Å². The Bertz CT molecular complexity index is 193. The molecule has 0 aromatic heterocycles. The molecule has 2 nitrogen and oxygen atoms in total. The molecule has 3 atom stereocenters. The van der Waals surface area contributed by atoms with Gasteiger partial charge in [0.1, 0.15) is 0 Å². The van der Waals surface area contributed by atoms with Crippen LogP contribution in [0.2, 0.25) is 0 Å². The topological polar surface area (TPSA) is 15.3 Å². The highest BCUT2D eigenvalue weighted by atomic mass is 15.3. The average molecular weight is 210 g/mol. The van der Waals surface area contributed by atoms with Crippen molar-refractivity contribution in [3.8, 4) is 0 Å². The van der Waals surface area contributed by atoms with Crippen LogP contribution in [0.25, 0.3) is 0 Å². The molecule has 2 aliphatic rings. The normalized spacial score (nSPS) is 34.0. The molecular weight excluding hydrogens is 184 g/mol. The zero-order valence-corrected chi connectivity index (χ0v) is 10.3. The molecule has 0 aromatic rings. The highest BCUT2D eigenvalue weighted by molar-refractivity contribution is 4.87. The zero-order valence-electron chi connectivity index (χ0n) is 10.3. The molecule has 15 heavy (non-hydrogen) atoms. The Morgan fingerprint density at radius 2 is 2.20 bits per heavy atom. The number of hydrogen-bond acceptors (Lipinski definition) is 2. The van der Waals surface area contributed by atoms with Crippen LogP contribution >= 0.6 is 0 Å². The van der Waals surface area contributed by atoms with Crippen molar-refractivity contribution in [1.82, 2.24) is 10.2 Å². The van der Waals surface area contributed by atoms with E-state index in [1.807, 2.05) is 0 Å². The minimum atomic E-state index is 0.723. The van der Waals surface area contributed by atoms with Gasteiger partial charge in [0.25, 0.3) is 0 Å². The molecule has 2 heteroatoms. The van der Waals surface area contributed by atoms with Gasteiger partial charge >= 0.3 is 0 Å². The second-order valence-corrected chi connectivity index (χ2v) is 5.26. The van der Waals surface area contributed by atoms with E-state index in [1.165, 1.54) is 51.7 Å². The summed E-state index contributed by atoms with van der Waals surface area (Å²) in [6.45, 7) is 8.54. The minimum Gasteiger partial charge on any atom is -0.300 e. The van der Waals surface area contributed by atoms with Crippen LogP contribution in [0.1, 0.15) is 46.0 Å². The molecule has 0 aliphatic carbocycles. The first-order valence-electron chi connectivity index (χ1n) is 6.82. The first-order chi connectivity index (χ1) is 7.35. The van der Waals surface area contributed by atoms with E-state index in [0.29, 0.717) is 0 Å². The Balaban J connectivity index is 1.87. The van der Waals surface area contributed by atoms with Gasteiger partial charge in [-0.1, -0.05) is 33.1 Å². The van der Waals surface area contributed by atoms with Gasteiger partial charge in [-0.15, -0.1) is 0 Å². The van der Waals surface area contributed by atoms with Crippen molar-refractivity contribution in [3.63, 3.8) is 0 Å². The number of hydrogen-bond donors (Lipinski definition) is 1. The third kappa shape index (κ3) is 2.54. The van der Waals surface area contributed by atoms with Crippen LogP contribution in [0, 0.1) is 11.8 Å². The molecule has 2 fully saturated rings. The van der Waals surface area contributed by atoms with Gasteiger partial charge in [-0.05, 0) is 24.7 Å². The second kappa shape index (κ2) is 5.31. The SMILES string of the molecule is CCCC(CC)C1CCC2NCCN2C1. The molecule has 0 radical (unpaired) electrons. The summed E-state index contributed by atoms with van der Waals surface area (Å²) >= 11 is 0. The molecule has 2 rings (SSSR count). The fraction of sp³-hybridized carbons (Fsp3) is 1.00. The lowest BCUT2D eigenvalue weighted by Gasteiger charge is -2.38. The summed E-state index contributed by atoms with van der Waals surface area (Å²) in [4.78, 5) is 2.67. The first-order valence-corrected chi connectivity index (χ1v) is 6.82. The third-order valence-corrected chi connectivity index (χ3v) is 4.35. The molecule has 2 saturated heterocycles. The van der Waals surface area contributed by atoms with E-state index in [2.05, 4.69) is 24.1 Å².